The van der Waals surface area contributed by atoms with E-state index in [0.29, 0.717) is 5.92 Å². The number of hydrogen-bond donors (Lipinski definition) is 1. The number of rotatable bonds is 2. The van der Waals surface area contributed by atoms with Crippen molar-refractivity contribution in [2.24, 2.45) is 5.92 Å². The molecular formula is C9H21NO. The molecule has 0 spiro atoms. The summed E-state index contributed by atoms with van der Waals surface area (Å²) in [5.41, 5.74) is 0. The first kappa shape index (κ1) is 10.9. The lowest BCUT2D eigenvalue weighted by Gasteiger charge is -1.97. The topological polar surface area (TPSA) is 21.3 Å². The zero-order valence-corrected chi connectivity index (χ0v) is 8.02. The van der Waals surface area contributed by atoms with Crippen LogP contribution >= 0.6 is 0 Å². The van der Waals surface area contributed by atoms with Crippen LogP contribution < -0.4 is 5.32 Å². The third-order valence-corrected chi connectivity index (χ3v) is 1.46. The van der Waals surface area contributed by atoms with E-state index in [4.69, 9.17) is 4.74 Å². The lowest BCUT2D eigenvalue weighted by atomic mass is 10.2. The molecule has 1 fully saturated rings. The molecule has 1 rings (SSSR count). The molecule has 2 nitrogen and oxygen atoms in total. The summed E-state index contributed by atoms with van der Waals surface area (Å²) in [4.78, 5) is 0. The average Bonchev–Trinajstić information content (AvgIpc) is 2.41. The standard InChI is InChI=1S/C5H12O.C4H9N/c1-5(2)4-6-3;1-2-4-5-3-1/h5H,4H2,1-3H3;5H,1-4H2. The molecule has 1 saturated heterocycles. The van der Waals surface area contributed by atoms with E-state index in [-0.39, 0.29) is 0 Å². The summed E-state index contributed by atoms with van der Waals surface area (Å²) in [6, 6.07) is 0. The Morgan fingerprint density at radius 2 is 1.82 bits per heavy atom. The third-order valence-electron chi connectivity index (χ3n) is 1.46. The highest BCUT2D eigenvalue weighted by molar-refractivity contribution is 4.55. The van der Waals surface area contributed by atoms with Gasteiger partial charge in [-0.3, -0.25) is 0 Å². The predicted octanol–water partition coefficient (Wildman–Crippen LogP) is 1.66. The van der Waals surface area contributed by atoms with Gasteiger partial charge in [0.25, 0.3) is 0 Å². The fraction of sp³-hybridized carbons (Fsp3) is 1.00. The minimum atomic E-state index is 0.676. The van der Waals surface area contributed by atoms with Crippen LogP contribution in [0.25, 0.3) is 0 Å². The zero-order chi connectivity index (χ0) is 8.53. The molecule has 0 bridgehead atoms. The molecule has 2 heteroatoms. The molecule has 1 N–H and O–H groups in total. The zero-order valence-electron chi connectivity index (χ0n) is 8.02. The van der Waals surface area contributed by atoms with Crippen molar-refractivity contribution in [3.05, 3.63) is 0 Å². The van der Waals surface area contributed by atoms with Crippen molar-refractivity contribution in [1.29, 1.82) is 0 Å². The lowest BCUT2D eigenvalue weighted by molar-refractivity contribution is 0.167. The van der Waals surface area contributed by atoms with Crippen molar-refractivity contribution in [3.8, 4) is 0 Å². The Bertz CT molecular complexity index is 62.4. The first-order chi connectivity index (χ1) is 5.27. The predicted molar refractivity (Wildman–Crippen MR) is 48.8 cm³/mol. The van der Waals surface area contributed by atoms with Crippen molar-refractivity contribution in [2.75, 3.05) is 26.8 Å². The van der Waals surface area contributed by atoms with Crippen LogP contribution in [0.5, 0.6) is 0 Å². The molecule has 0 atom stereocenters. The van der Waals surface area contributed by atoms with Crippen LogP contribution in [-0.4, -0.2) is 26.8 Å². The first-order valence-electron chi connectivity index (χ1n) is 4.47. The molecule has 0 saturated carbocycles. The minimum Gasteiger partial charge on any atom is -0.384 e. The molecule has 1 aliphatic heterocycles. The molecule has 0 aromatic heterocycles. The van der Waals surface area contributed by atoms with Crippen LogP contribution in [0.15, 0.2) is 0 Å². The molecule has 1 heterocycles. The molecule has 0 aromatic rings. The smallest absolute Gasteiger partial charge is 0.0485 e. The van der Waals surface area contributed by atoms with Crippen LogP contribution in [0.2, 0.25) is 0 Å². The van der Waals surface area contributed by atoms with E-state index in [1.807, 2.05) is 0 Å². The van der Waals surface area contributed by atoms with Gasteiger partial charge in [0.2, 0.25) is 0 Å². The molecule has 11 heavy (non-hydrogen) atoms. The number of methoxy groups -OCH3 is 1. The van der Waals surface area contributed by atoms with Gasteiger partial charge in [-0.1, -0.05) is 13.8 Å². The number of nitrogens with one attached hydrogen (secondary N) is 1. The Labute approximate surface area is 70.3 Å². The highest BCUT2D eigenvalue weighted by Crippen LogP contribution is 1.90. The Morgan fingerprint density at radius 3 is 1.91 bits per heavy atom. The van der Waals surface area contributed by atoms with Crippen LogP contribution in [0.3, 0.4) is 0 Å². The highest BCUT2D eigenvalue weighted by atomic mass is 16.5. The van der Waals surface area contributed by atoms with Crippen LogP contribution in [0.4, 0.5) is 0 Å². The van der Waals surface area contributed by atoms with E-state index >= 15 is 0 Å². The van der Waals surface area contributed by atoms with E-state index in [1.54, 1.807) is 7.11 Å². The summed E-state index contributed by atoms with van der Waals surface area (Å²) in [7, 11) is 1.72. The van der Waals surface area contributed by atoms with Gasteiger partial charge in [-0.2, -0.15) is 0 Å². The molecule has 0 radical (unpaired) electrons. The van der Waals surface area contributed by atoms with Gasteiger partial charge >= 0.3 is 0 Å². The van der Waals surface area contributed by atoms with Gasteiger partial charge < -0.3 is 10.1 Å². The van der Waals surface area contributed by atoms with E-state index in [1.165, 1.54) is 25.9 Å². The lowest BCUT2D eigenvalue weighted by Crippen LogP contribution is -2.03. The number of hydrogen-bond acceptors (Lipinski definition) is 2. The van der Waals surface area contributed by atoms with Gasteiger partial charge in [0.15, 0.2) is 0 Å². The van der Waals surface area contributed by atoms with Gasteiger partial charge in [-0.15, -0.1) is 0 Å². The Hall–Kier alpha value is -0.0800. The SMILES string of the molecule is C1CCNC1.COCC(C)C. The second-order valence-corrected chi connectivity index (χ2v) is 3.31. The first-order valence-corrected chi connectivity index (χ1v) is 4.47. The van der Waals surface area contributed by atoms with Crippen molar-refractivity contribution in [3.63, 3.8) is 0 Å². The maximum atomic E-state index is 4.80. The molecule has 0 amide bonds. The number of ether oxygens (including phenoxy) is 1. The highest BCUT2D eigenvalue weighted by Gasteiger charge is 1.93. The van der Waals surface area contributed by atoms with Gasteiger partial charge in [-0.25, -0.2) is 0 Å². The summed E-state index contributed by atoms with van der Waals surface area (Å²) >= 11 is 0. The van der Waals surface area contributed by atoms with Crippen LogP contribution in [0.1, 0.15) is 26.7 Å². The van der Waals surface area contributed by atoms with Crippen LogP contribution in [0, 0.1) is 5.92 Å². The fourth-order valence-corrected chi connectivity index (χ4v) is 0.958. The van der Waals surface area contributed by atoms with Gasteiger partial charge in [-0.05, 0) is 31.8 Å². The Kier molecular flexibility index (Phi) is 7.96. The van der Waals surface area contributed by atoms with Gasteiger partial charge in [0, 0.05) is 13.7 Å². The fourth-order valence-electron chi connectivity index (χ4n) is 0.958. The third kappa shape index (κ3) is 9.92. The average molecular weight is 159 g/mol. The summed E-state index contributed by atoms with van der Waals surface area (Å²) in [6.45, 7) is 7.63. The second-order valence-electron chi connectivity index (χ2n) is 3.31. The van der Waals surface area contributed by atoms with E-state index < -0.39 is 0 Å². The maximum Gasteiger partial charge on any atom is 0.0485 e. The summed E-state index contributed by atoms with van der Waals surface area (Å²) < 4.78 is 4.80. The maximum absolute atomic E-state index is 4.80. The van der Waals surface area contributed by atoms with Crippen molar-refractivity contribution in [1.82, 2.24) is 5.32 Å². The largest absolute Gasteiger partial charge is 0.384 e. The summed E-state index contributed by atoms with van der Waals surface area (Å²) in [5.74, 6) is 0.676. The van der Waals surface area contributed by atoms with Crippen molar-refractivity contribution < 1.29 is 4.74 Å². The molecule has 0 aliphatic carbocycles. The molecular weight excluding hydrogens is 138 g/mol. The normalized spacial score (nSPS) is 16.4. The quantitative estimate of drug-likeness (QED) is 0.661. The Morgan fingerprint density at radius 1 is 1.27 bits per heavy atom. The minimum absolute atomic E-state index is 0.676. The second kappa shape index (κ2) is 8.02. The van der Waals surface area contributed by atoms with E-state index in [9.17, 15) is 0 Å². The van der Waals surface area contributed by atoms with Gasteiger partial charge in [0.1, 0.15) is 0 Å². The molecule has 0 aromatic carbocycles. The van der Waals surface area contributed by atoms with Crippen LogP contribution in [-0.2, 0) is 4.74 Å². The van der Waals surface area contributed by atoms with Gasteiger partial charge in [0.05, 0.1) is 0 Å². The van der Waals surface area contributed by atoms with E-state index in [0.717, 1.165) is 6.61 Å². The monoisotopic (exact) mass is 159 g/mol. The van der Waals surface area contributed by atoms with E-state index in [2.05, 4.69) is 19.2 Å². The van der Waals surface area contributed by atoms with Crippen molar-refractivity contribution in [2.45, 2.75) is 26.7 Å². The molecule has 1 aliphatic rings. The summed E-state index contributed by atoms with van der Waals surface area (Å²) in [5, 5.41) is 3.22. The van der Waals surface area contributed by atoms with Crippen molar-refractivity contribution >= 4 is 0 Å². The molecule has 68 valence electrons. The Balaban J connectivity index is 0.000000183. The molecule has 0 unspecified atom stereocenters. The summed E-state index contributed by atoms with van der Waals surface area (Å²) in [6.07, 6.45) is 2.78.